The highest BCUT2D eigenvalue weighted by Crippen LogP contribution is 2.39. The predicted molar refractivity (Wildman–Crippen MR) is 91.7 cm³/mol. The summed E-state index contributed by atoms with van der Waals surface area (Å²) < 4.78 is 6.63. The van der Waals surface area contributed by atoms with Crippen molar-refractivity contribution in [2.45, 2.75) is 32.2 Å². The average Bonchev–Trinajstić information content (AvgIpc) is 2.94. The molecule has 0 unspecified atom stereocenters. The molecule has 0 bridgehead atoms. The molecule has 2 aromatic carbocycles. The van der Waals surface area contributed by atoms with Crippen LogP contribution >= 0.6 is 15.9 Å². The second-order valence-electron chi connectivity index (χ2n) is 6.07. The summed E-state index contributed by atoms with van der Waals surface area (Å²) in [4.78, 5) is 0. The summed E-state index contributed by atoms with van der Waals surface area (Å²) in [5.41, 5.74) is 4.09. The summed E-state index contributed by atoms with van der Waals surface area (Å²) in [5.74, 6) is 1.16. The van der Waals surface area contributed by atoms with Gasteiger partial charge in [-0.3, -0.25) is 0 Å². The number of halogens is 1. The van der Waals surface area contributed by atoms with E-state index >= 15 is 0 Å². The normalized spacial score (nSPS) is 14.1. The van der Waals surface area contributed by atoms with Gasteiger partial charge in [0.05, 0.1) is 0 Å². The molecule has 1 aliphatic carbocycles. The first-order chi connectivity index (χ1) is 11.2. The minimum atomic E-state index is 0.0823. The van der Waals surface area contributed by atoms with Gasteiger partial charge in [0.2, 0.25) is 0 Å². The molecule has 1 aromatic heterocycles. The maximum Gasteiger partial charge on any atom is 0.136 e. The number of quaternary nitrogens is 1. The largest absolute Gasteiger partial charge is 0.871 e. The van der Waals surface area contributed by atoms with Crippen molar-refractivity contribution in [2.75, 3.05) is 0 Å². The Bertz CT molecular complexity index is 855. The lowest BCUT2D eigenvalue weighted by Crippen LogP contribution is -2.76. The van der Waals surface area contributed by atoms with Crippen LogP contribution in [0.5, 0.6) is 5.75 Å². The molecule has 0 fully saturated rings. The lowest BCUT2D eigenvalue weighted by atomic mass is 9.93. The van der Waals surface area contributed by atoms with E-state index in [-0.39, 0.29) is 5.75 Å². The van der Waals surface area contributed by atoms with E-state index in [4.69, 9.17) is 4.42 Å². The zero-order valence-corrected chi connectivity index (χ0v) is 14.4. The lowest BCUT2D eigenvalue weighted by Gasteiger charge is -2.17. The monoisotopic (exact) mass is 371 g/mol. The van der Waals surface area contributed by atoms with Gasteiger partial charge in [-0.2, -0.15) is 0 Å². The van der Waals surface area contributed by atoms with Crippen molar-refractivity contribution >= 4 is 32.6 Å². The van der Waals surface area contributed by atoms with Gasteiger partial charge in [0.15, 0.2) is 0 Å². The quantitative estimate of drug-likeness (QED) is 0.715. The van der Waals surface area contributed by atoms with Gasteiger partial charge in [-0.25, -0.2) is 0 Å². The highest BCUT2D eigenvalue weighted by Gasteiger charge is 2.22. The molecule has 4 heteroatoms. The lowest BCUT2D eigenvalue weighted by molar-refractivity contribution is -0.589. The summed E-state index contributed by atoms with van der Waals surface area (Å²) in [5, 5.41) is 15.9. The molecule has 118 valence electrons. The van der Waals surface area contributed by atoms with Gasteiger partial charge in [-0.05, 0) is 37.5 Å². The van der Waals surface area contributed by atoms with Gasteiger partial charge in [0, 0.05) is 27.4 Å². The highest BCUT2D eigenvalue weighted by atomic mass is 79.9. The maximum absolute atomic E-state index is 12.7. The minimum absolute atomic E-state index is 0.0823. The molecule has 0 aliphatic heterocycles. The fraction of sp³-hybridized carbons (Fsp3) is 0.263. The van der Waals surface area contributed by atoms with Crippen LogP contribution < -0.4 is 10.4 Å². The minimum Gasteiger partial charge on any atom is -0.871 e. The molecule has 0 atom stereocenters. The van der Waals surface area contributed by atoms with Crippen LogP contribution in [-0.4, -0.2) is 0 Å². The Hall–Kier alpha value is -1.78. The third-order valence-corrected chi connectivity index (χ3v) is 5.18. The maximum atomic E-state index is 12.7. The Morgan fingerprint density at radius 3 is 2.74 bits per heavy atom. The van der Waals surface area contributed by atoms with Crippen molar-refractivity contribution in [2.24, 2.45) is 0 Å². The van der Waals surface area contributed by atoms with Crippen LogP contribution in [0.4, 0.5) is 5.69 Å². The van der Waals surface area contributed by atoms with Crippen molar-refractivity contribution in [3.63, 3.8) is 0 Å². The summed E-state index contributed by atoms with van der Waals surface area (Å²) in [6, 6.07) is 12.0. The standard InChI is InChI=1S/C19H18BrNO2/c20-15-10-17-18(13-8-4-5-9-16(13)23-17)14(19(15)22)11-21-12-6-2-1-3-7-12/h1-3,6-7,10,21-22H,4-5,8-9,11H2. The first-order valence-electron chi connectivity index (χ1n) is 8.05. The van der Waals surface area contributed by atoms with Crippen LogP contribution in [0.15, 0.2) is 45.3 Å². The number of aryl methyl sites for hydroxylation is 2. The van der Waals surface area contributed by atoms with E-state index in [1.807, 2.05) is 24.3 Å². The summed E-state index contributed by atoms with van der Waals surface area (Å²) >= 11 is 3.40. The molecule has 3 aromatic rings. The molecule has 4 rings (SSSR count). The van der Waals surface area contributed by atoms with E-state index < -0.39 is 0 Å². The van der Waals surface area contributed by atoms with Gasteiger partial charge in [-0.1, -0.05) is 39.9 Å². The van der Waals surface area contributed by atoms with E-state index in [1.54, 1.807) is 0 Å². The van der Waals surface area contributed by atoms with Gasteiger partial charge in [-0.15, -0.1) is 0 Å². The third-order valence-electron chi connectivity index (χ3n) is 4.59. The number of hydrogen-bond acceptors (Lipinski definition) is 2. The Morgan fingerprint density at radius 2 is 1.91 bits per heavy atom. The SMILES string of the molecule is [O-]c1c(Br)cc2oc3c(c2c1C[NH2+]c1ccccc1)CCCC3. The van der Waals surface area contributed by atoms with Crippen LogP contribution in [-0.2, 0) is 19.4 Å². The predicted octanol–water partition coefficient (Wildman–Crippen LogP) is 3.54. The smallest absolute Gasteiger partial charge is 0.136 e. The molecule has 0 saturated heterocycles. The molecule has 1 aliphatic rings. The van der Waals surface area contributed by atoms with E-state index in [0.717, 1.165) is 40.8 Å². The molecule has 0 radical (unpaired) electrons. The van der Waals surface area contributed by atoms with Crippen LogP contribution in [0.1, 0.15) is 29.7 Å². The molecule has 0 amide bonds. The van der Waals surface area contributed by atoms with Crippen molar-refractivity contribution in [1.29, 1.82) is 0 Å². The van der Waals surface area contributed by atoms with Crippen molar-refractivity contribution in [3.8, 4) is 5.75 Å². The zero-order chi connectivity index (χ0) is 15.8. The van der Waals surface area contributed by atoms with E-state index in [1.165, 1.54) is 18.4 Å². The molecule has 1 heterocycles. The van der Waals surface area contributed by atoms with Gasteiger partial charge in [0.25, 0.3) is 0 Å². The van der Waals surface area contributed by atoms with Crippen LogP contribution in [0.2, 0.25) is 0 Å². The molecule has 2 N–H and O–H groups in total. The van der Waals surface area contributed by atoms with Crippen LogP contribution in [0.3, 0.4) is 0 Å². The number of para-hydroxylation sites is 1. The second-order valence-corrected chi connectivity index (χ2v) is 6.92. The number of furan rings is 1. The average molecular weight is 372 g/mol. The van der Waals surface area contributed by atoms with Crippen molar-refractivity contribution in [1.82, 2.24) is 0 Å². The topological polar surface area (TPSA) is 52.8 Å². The first kappa shape index (κ1) is 14.8. The Morgan fingerprint density at radius 1 is 1.13 bits per heavy atom. The summed E-state index contributed by atoms with van der Waals surface area (Å²) in [6.45, 7) is 0.630. The number of benzene rings is 2. The third kappa shape index (κ3) is 2.66. The van der Waals surface area contributed by atoms with E-state index in [2.05, 4.69) is 33.4 Å². The number of nitrogens with two attached hydrogens (primary N) is 1. The number of hydrogen-bond donors (Lipinski definition) is 1. The second kappa shape index (κ2) is 6.02. The fourth-order valence-electron chi connectivity index (χ4n) is 3.46. The Balaban J connectivity index is 1.80. The molecule has 23 heavy (non-hydrogen) atoms. The zero-order valence-electron chi connectivity index (χ0n) is 12.8. The van der Waals surface area contributed by atoms with Crippen molar-refractivity contribution in [3.05, 3.63) is 57.8 Å². The van der Waals surface area contributed by atoms with Crippen molar-refractivity contribution < 1.29 is 14.8 Å². The van der Waals surface area contributed by atoms with Gasteiger partial charge >= 0.3 is 0 Å². The fourth-order valence-corrected chi connectivity index (χ4v) is 3.91. The van der Waals surface area contributed by atoms with Gasteiger partial charge in [0.1, 0.15) is 23.6 Å². The Kier molecular flexibility index (Phi) is 3.87. The molecule has 0 spiro atoms. The van der Waals surface area contributed by atoms with Gasteiger partial charge < -0.3 is 14.8 Å². The van der Waals surface area contributed by atoms with Crippen LogP contribution in [0.25, 0.3) is 11.0 Å². The highest BCUT2D eigenvalue weighted by molar-refractivity contribution is 9.10. The number of rotatable bonds is 3. The molecular formula is C19H18BrNO2. The van der Waals surface area contributed by atoms with Crippen LogP contribution in [0, 0.1) is 0 Å². The van der Waals surface area contributed by atoms with E-state index in [0.29, 0.717) is 11.0 Å². The van der Waals surface area contributed by atoms with E-state index in [9.17, 15) is 5.11 Å². The summed E-state index contributed by atoms with van der Waals surface area (Å²) in [6.07, 6.45) is 4.34. The number of fused-ring (bicyclic) bond motifs is 3. The molecular weight excluding hydrogens is 354 g/mol. The molecule has 3 nitrogen and oxygen atoms in total. The summed E-state index contributed by atoms with van der Waals surface area (Å²) in [7, 11) is 0. The first-order valence-corrected chi connectivity index (χ1v) is 8.84. The molecule has 0 saturated carbocycles. The Labute approximate surface area is 143 Å².